The molecular formula is C22H21O6P. The summed E-state index contributed by atoms with van der Waals surface area (Å²) in [5.74, 6) is -0.128. The fourth-order valence-electron chi connectivity index (χ4n) is 2.50. The minimum absolute atomic E-state index is 0.148. The number of phosphoric ester groups is 1. The summed E-state index contributed by atoms with van der Waals surface area (Å²) >= 11 is 0. The fraction of sp³-hybridized carbons (Fsp3) is 0.136. The Labute approximate surface area is 169 Å². The fourth-order valence-corrected chi connectivity index (χ4v) is 3.85. The summed E-state index contributed by atoms with van der Waals surface area (Å²) in [4.78, 5) is 12.5. The van der Waals surface area contributed by atoms with Gasteiger partial charge in [0.25, 0.3) is 0 Å². The number of hydrogen-bond acceptors (Lipinski definition) is 6. The van der Waals surface area contributed by atoms with Crippen LogP contribution in [0.5, 0.6) is 11.5 Å². The summed E-state index contributed by atoms with van der Waals surface area (Å²) in [6, 6.07) is 25.6. The van der Waals surface area contributed by atoms with Crippen molar-refractivity contribution in [2.24, 2.45) is 0 Å². The molecule has 3 aromatic carbocycles. The van der Waals surface area contributed by atoms with Gasteiger partial charge in [0.1, 0.15) is 11.5 Å². The second-order valence-electron chi connectivity index (χ2n) is 5.90. The van der Waals surface area contributed by atoms with Crippen LogP contribution in [0.1, 0.15) is 18.6 Å². The van der Waals surface area contributed by atoms with Crippen molar-refractivity contribution in [3.63, 3.8) is 0 Å². The molecular weight excluding hydrogens is 391 g/mol. The average molecular weight is 412 g/mol. The number of ether oxygens (including phenoxy) is 1. The lowest BCUT2D eigenvalue weighted by Gasteiger charge is -2.23. The van der Waals surface area contributed by atoms with Crippen LogP contribution in [-0.2, 0) is 18.6 Å². The van der Waals surface area contributed by atoms with Crippen LogP contribution in [0.4, 0.5) is 0 Å². The summed E-state index contributed by atoms with van der Waals surface area (Å²) in [6.45, 7) is 1.83. The van der Waals surface area contributed by atoms with Crippen LogP contribution >= 0.6 is 7.82 Å². The molecule has 0 aromatic heterocycles. The molecule has 0 aliphatic rings. The molecule has 0 radical (unpaired) electrons. The monoisotopic (exact) mass is 412 g/mol. The Hall–Kier alpha value is -3.08. The predicted octanol–water partition coefficient (Wildman–Crippen LogP) is 5.57. The Morgan fingerprint density at radius 1 is 0.793 bits per heavy atom. The highest BCUT2D eigenvalue weighted by atomic mass is 31.2. The van der Waals surface area contributed by atoms with E-state index >= 15 is 0 Å². The van der Waals surface area contributed by atoms with E-state index in [4.69, 9.17) is 18.3 Å². The number of carbonyl (C=O) groups excluding carboxylic acids is 1. The molecule has 3 rings (SSSR count). The Balaban J connectivity index is 1.94. The molecule has 0 saturated carbocycles. The topological polar surface area (TPSA) is 71.1 Å². The largest absolute Gasteiger partial charge is 0.588 e. The van der Waals surface area contributed by atoms with E-state index in [1.807, 2.05) is 0 Å². The summed E-state index contributed by atoms with van der Waals surface area (Å²) < 4.78 is 35.5. The molecule has 3 aromatic rings. The average Bonchev–Trinajstić information content (AvgIpc) is 2.74. The Kier molecular flexibility index (Phi) is 7.06. The van der Waals surface area contributed by atoms with Crippen LogP contribution in [-0.4, -0.2) is 12.6 Å². The number of phosphoric acid groups is 1. The molecule has 0 amide bonds. The molecule has 0 unspecified atom stereocenters. The number of hydrogen-bond donors (Lipinski definition) is 0. The Bertz CT molecular complexity index is 901. The lowest BCUT2D eigenvalue weighted by Crippen LogP contribution is -2.20. The van der Waals surface area contributed by atoms with Gasteiger partial charge < -0.3 is 13.8 Å². The summed E-state index contributed by atoms with van der Waals surface area (Å²) in [6.07, 6.45) is -1.28. The Morgan fingerprint density at radius 2 is 1.24 bits per heavy atom. The van der Waals surface area contributed by atoms with Gasteiger partial charge in [-0.2, -0.15) is 0 Å². The first kappa shape index (κ1) is 20.6. The van der Waals surface area contributed by atoms with Crippen LogP contribution in [0, 0.1) is 0 Å². The third-order valence-corrected chi connectivity index (χ3v) is 5.10. The van der Waals surface area contributed by atoms with Gasteiger partial charge in [0.15, 0.2) is 6.10 Å². The van der Waals surface area contributed by atoms with Gasteiger partial charge in [-0.15, -0.1) is 0 Å². The lowest BCUT2D eigenvalue weighted by atomic mass is 10.1. The van der Waals surface area contributed by atoms with Gasteiger partial charge in [-0.1, -0.05) is 66.7 Å². The van der Waals surface area contributed by atoms with Gasteiger partial charge in [0, 0.05) is 0 Å². The standard InChI is InChI=1S/C22H21O6P/c1-2-25-22(23)21(18-12-6-3-7-13-18)28-29(24,26-19-14-8-4-9-15-19)27-20-16-10-5-11-17-20/h3-17,21H,2H2,1H3/t21-/m1/s1. The molecule has 0 fully saturated rings. The molecule has 0 aliphatic heterocycles. The van der Waals surface area contributed by atoms with E-state index in [2.05, 4.69) is 0 Å². The van der Waals surface area contributed by atoms with E-state index in [0.717, 1.165) is 0 Å². The number of carbonyl (C=O) groups is 1. The maximum Gasteiger partial charge on any atom is 0.588 e. The van der Waals surface area contributed by atoms with Crippen LogP contribution in [0.2, 0.25) is 0 Å². The van der Waals surface area contributed by atoms with Gasteiger partial charge >= 0.3 is 13.8 Å². The first-order chi connectivity index (χ1) is 14.1. The van der Waals surface area contributed by atoms with E-state index in [1.165, 1.54) is 0 Å². The molecule has 29 heavy (non-hydrogen) atoms. The highest BCUT2D eigenvalue weighted by molar-refractivity contribution is 7.49. The molecule has 0 bridgehead atoms. The van der Waals surface area contributed by atoms with Gasteiger partial charge in [-0.05, 0) is 36.8 Å². The molecule has 0 saturated heterocycles. The van der Waals surface area contributed by atoms with Gasteiger partial charge in [0.05, 0.1) is 6.61 Å². The van der Waals surface area contributed by atoms with Crippen molar-refractivity contribution in [2.45, 2.75) is 13.0 Å². The molecule has 0 spiro atoms. The van der Waals surface area contributed by atoms with Crippen molar-refractivity contribution in [1.29, 1.82) is 0 Å². The zero-order chi connectivity index (χ0) is 20.5. The van der Waals surface area contributed by atoms with E-state index < -0.39 is 19.9 Å². The zero-order valence-electron chi connectivity index (χ0n) is 15.8. The van der Waals surface area contributed by atoms with Gasteiger partial charge in [0.2, 0.25) is 0 Å². The first-order valence-corrected chi connectivity index (χ1v) is 10.5. The summed E-state index contributed by atoms with van der Waals surface area (Å²) in [5, 5.41) is 0. The van der Waals surface area contributed by atoms with E-state index in [9.17, 15) is 9.36 Å². The van der Waals surface area contributed by atoms with E-state index in [-0.39, 0.29) is 18.1 Å². The first-order valence-electron chi connectivity index (χ1n) is 9.09. The molecule has 7 heteroatoms. The zero-order valence-corrected chi connectivity index (χ0v) is 16.7. The highest BCUT2D eigenvalue weighted by Gasteiger charge is 2.39. The third-order valence-electron chi connectivity index (χ3n) is 3.76. The normalized spacial score (nSPS) is 12.0. The highest BCUT2D eigenvalue weighted by Crippen LogP contribution is 2.53. The predicted molar refractivity (Wildman–Crippen MR) is 109 cm³/mol. The summed E-state index contributed by atoms with van der Waals surface area (Å²) in [5.41, 5.74) is 0.472. The maximum absolute atomic E-state index is 13.6. The quantitative estimate of drug-likeness (QED) is 0.338. The van der Waals surface area contributed by atoms with Gasteiger partial charge in [-0.3, -0.25) is 0 Å². The lowest BCUT2D eigenvalue weighted by molar-refractivity contribution is -0.152. The number of esters is 1. The van der Waals surface area contributed by atoms with Crippen molar-refractivity contribution in [2.75, 3.05) is 6.61 Å². The molecule has 0 N–H and O–H groups in total. The Morgan fingerprint density at radius 3 is 1.69 bits per heavy atom. The minimum atomic E-state index is -4.26. The van der Waals surface area contributed by atoms with Crippen LogP contribution < -0.4 is 9.05 Å². The molecule has 6 nitrogen and oxygen atoms in total. The number of rotatable bonds is 9. The minimum Gasteiger partial charge on any atom is -0.464 e. The molecule has 0 aliphatic carbocycles. The molecule has 150 valence electrons. The third kappa shape index (κ3) is 5.95. The smallest absolute Gasteiger partial charge is 0.464 e. The second kappa shape index (κ2) is 9.92. The van der Waals surface area contributed by atoms with E-state index in [0.29, 0.717) is 5.56 Å². The van der Waals surface area contributed by atoms with Crippen molar-refractivity contribution < 1.29 is 27.7 Å². The number of benzene rings is 3. The maximum atomic E-state index is 13.6. The SMILES string of the molecule is CCOC(=O)[C@H](OP(=O)(Oc1ccccc1)Oc1ccccc1)c1ccccc1. The van der Waals surface area contributed by atoms with Crippen LogP contribution in [0.15, 0.2) is 91.0 Å². The van der Waals surface area contributed by atoms with Crippen LogP contribution in [0.3, 0.4) is 0 Å². The van der Waals surface area contributed by atoms with E-state index in [1.54, 1.807) is 97.9 Å². The summed E-state index contributed by atoms with van der Waals surface area (Å²) in [7, 11) is -4.26. The number of para-hydroxylation sites is 2. The van der Waals surface area contributed by atoms with Crippen molar-refractivity contribution >= 4 is 13.8 Å². The van der Waals surface area contributed by atoms with Crippen LogP contribution in [0.25, 0.3) is 0 Å². The second-order valence-corrected chi connectivity index (χ2v) is 7.37. The van der Waals surface area contributed by atoms with Gasteiger partial charge in [-0.25, -0.2) is 13.9 Å². The van der Waals surface area contributed by atoms with Crippen molar-refractivity contribution in [1.82, 2.24) is 0 Å². The van der Waals surface area contributed by atoms with Crippen molar-refractivity contribution in [3.05, 3.63) is 96.6 Å². The molecule has 1 atom stereocenters. The van der Waals surface area contributed by atoms with Crippen molar-refractivity contribution in [3.8, 4) is 11.5 Å². The molecule has 0 heterocycles.